The van der Waals surface area contributed by atoms with Crippen molar-refractivity contribution in [2.45, 2.75) is 19.3 Å². The van der Waals surface area contributed by atoms with Crippen molar-refractivity contribution < 1.29 is 4.79 Å². The molecule has 0 aromatic rings. The van der Waals surface area contributed by atoms with Gasteiger partial charge in [0.1, 0.15) is 5.78 Å². The van der Waals surface area contributed by atoms with E-state index in [1.165, 1.54) is 11.5 Å². The first-order chi connectivity index (χ1) is 5.83. The van der Waals surface area contributed by atoms with E-state index < -0.39 is 0 Å². The van der Waals surface area contributed by atoms with Crippen LogP contribution in [0.2, 0.25) is 0 Å². The van der Waals surface area contributed by atoms with Gasteiger partial charge < -0.3 is 5.32 Å². The molecule has 3 heteroatoms. The van der Waals surface area contributed by atoms with Gasteiger partial charge in [0.2, 0.25) is 0 Å². The monoisotopic (exact) mass is 185 g/mol. The standard InChI is InChI=1S/C9H15NOS/c11-8-1-4-10-7-9(8)2-5-12-6-3-9/h10H,1-7H2. The van der Waals surface area contributed by atoms with Gasteiger partial charge in [-0.2, -0.15) is 11.8 Å². The smallest absolute Gasteiger partial charge is 0.141 e. The van der Waals surface area contributed by atoms with Gasteiger partial charge in [0.25, 0.3) is 0 Å². The highest BCUT2D eigenvalue weighted by molar-refractivity contribution is 7.99. The average molecular weight is 185 g/mol. The second-order valence-corrected chi connectivity index (χ2v) is 4.97. The number of ketones is 1. The molecule has 1 spiro atoms. The summed E-state index contributed by atoms with van der Waals surface area (Å²) in [6.45, 7) is 1.83. The number of hydrogen-bond acceptors (Lipinski definition) is 3. The summed E-state index contributed by atoms with van der Waals surface area (Å²) in [5.41, 5.74) is 0.0451. The van der Waals surface area contributed by atoms with Gasteiger partial charge in [-0.05, 0) is 24.3 Å². The summed E-state index contributed by atoms with van der Waals surface area (Å²) >= 11 is 1.98. The highest BCUT2D eigenvalue weighted by Gasteiger charge is 2.40. The lowest BCUT2D eigenvalue weighted by Gasteiger charge is -2.38. The Balaban J connectivity index is 2.09. The van der Waals surface area contributed by atoms with E-state index in [4.69, 9.17) is 0 Å². The van der Waals surface area contributed by atoms with Crippen LogP contribution in [0.4, 0.5) is 0 Å². The molecule has 2 fully saturated rings. The van der Waals surface area contributed by atoms with Gasteiger partial charge >= 0.3 is 0 Å². The Morgan fingerprint density at radius 1 is 1.33 bits per heavy atom. The molecule has 0 aliphatic carbocycles. The molecule has 12 heavy (non-hydrogen) atoms. The third-order valence-electron chi connectivity index (χ3n) is 3.03. The highest BCUT2D eigenvalue weighted by Crippen LogP contribution is 2.37. The quantitative estimate of drug-likeness (QED) is 0.612. The molecule has 0 aromatic heterocycles. The highest BCUT2D eigenvalue weighted by atomic mass is 32.2. The summed E-state index contributed by atoms with van der Waals surface area (Å²) in [7, 11) is 0. The van der Waals surface area contributed by atoms with E-state index in [1.807, 2.05) is 11.8 Å². The molecule has 2 saturated heterocycles. The molecule has 1 N–H and O–H groups in total. The lowest BCUT2D eigenvalue weighted by Crippen LogP contribution is -2.49. The molecule has 0 radical (unpaired) electrons. The molecular weight excluding hydrogens is 170 g/mol. The third kappa shape index (κ3) is 1.40. The van der Waals surface area contributed by atoms with Crippen molar-refractivity contribution in [3.8, 4) is 0 Å². The predicted octanol–water partition coefficient (Wildman–Crippen LogP) is 1.06. The lowest BCUT2D eigenvalue weighted by molar-refractivity contribution is -0.130. The van der Waals surface area contributed by atoms with Crippen molar-refractivity contribution in [3.63, 3.8) is 0 Å². The van der Waals surface area contributed by atoms with Gasteiger partial charge in [-0.25, -0.2) is 0 Å². The molecule has 0 saturated carbocycles. The van der Waals surface area contributed by atoms with Crippen molar-refractivity contribution in [3.05, 3.63) is 0 Å². The van der Waals surface area contributed by atoms with E-state index in [-0.39, 0.29) is 5.41 Å². The van der Waals surface area contributed by atoms with Gasteiger partial charge in [-0.15, -0.1) is 0 Å². The molecule has 0 unspecified atom stereocenters. The Labute approximate surface area is 77.5 Å². The number of thioether (sulfide) groups is 1. The van der Waals surface area contributed by atoms with E-state index in [0.29, 0.717) is 5.78 Å². The van der Waals surface area contributed by atoms with Crippen LogP contribution in [0.25, 0.3) is 0 Å². The number of Topliss-reactive ketones (excluding diaryl/α,β-unsaturated/α-hetero) is 1. The molecule has 68 valence electrons. The van der Waals surface area contributed by atoms with Crippen LogP contribution in [0.15, 0.2) is 0 Å². The zero-order chi connectivity index (χ0) is 8.44. The van der Waals surface area contributed by atoms with Crippen molar-refractivity contribution in [2.75, 3.05) is 24.6 Å². The van der Waals surface area contributed by atoms with Crippen LogP contribution >= 0.6 is 11.8 Å². The van der Waals surface area contributed by atoms with Crippen LogP contribution in [0.5, 0.6) is 0 Å². The van der Waals surface area contributed by atoms with Gasteiger partial charge in [0.15, 0.2) is 0 Å². The minimum atomic E-state index is 0.0451. The second-order valence-electron chi connectivity index (χ2n) is 3.74. The van der Waals surface area contributed by atoms with E-state index in [2.05, 4.69) is 5.32 Å². The summed E-state index contributed by atoms with van der Waals surface area (Å²) in [6, 6.07) is 0. The van der Waals surface area contributed by atoms with E-state index in [9.17, 15) is 4.79 Å². The number of carbonyl (C=O) groups is 1. The normalized spacial score (nSPS) is 29.2. The predicted molar refractivity (Wildman–Crippen MR) is 51.5 cm³/mol. The first-order valence-electron chi connectivity index (χ1n) is 4.65. The molecule has 2 rings (SSSR count). The summed E-state index contributed by atoms with van der Waals surface area (Å²) < 4.78 is 0. The second kappa shape index (κ2) is 3.38. The maximum atomic E-state index is 11.7. The minimum absolute atomic E-state index is 0.0451. The summed E-state index contributed by atoms with van der Waals surface area (Å²) in [5, 5.41) is 3.35. The number of piperidine rings is 1. The first-order valence-corrected chi connectivity index (χ1v) is 5.81. The number of rotatable bonds is 0. The topological polar surface area (TPSA) is 29.1 Å². The molecule has 0 amide bonds. The minimum Gasteiger partial charge on any atom is -0.315 e. The fraction of sp³-hybridized carbons (Fsp3) is 0.889. The fourth-order valence-corrected chi connectivity index (χ4v) is 3.39. The van der Waals surface area contributed by atoms with Gasteiger partial charge in [0.05, 0.1) is 0 Å². The third-order valence-corrected chi connectivity index (χ3v) is 4.02. The Morgan fingerprint density at radius 3 is 2.75 bits per heavy atom. The average Bonchev–Trinajstić information content (AvgIpc) is 2.12. The molecule has 0 bridgehead atoms. The Kier molecular flexibility index (Phi) is 2.42. The van der Waals surface area contributed by atoms with Gasteiger partial charge in [-0.3, -0.25) is 4.79 Å². The molecule has 0 aromatic carbocycles. The van der Waals surface area contributed by atoms with Crippen LogP contribution in [0.3, 0.4) is 0 Å². The molecule has 0 atom stereocenters. The van der Waals surface area contributed by atoms with Crippen LogP contribution in [-0.2, 0) is 4.79 Å². The van der Waals surface area contributed by atoms with Crippen LogP contribution in [-0.4, -0.2) is 30.4 Å². The Bertz CT molecular complexity index is 179. The van der Waals surface area contributed by atoms with Gasteiger partial charge in [0, 0.05) is 24.9 Å². The molecule has 2 aliphatic rings. The maximum absolute atomic E-state index is 11.7. The zero-order valence-electron chi connectivity index (χ0n) is 7.27. The SMILES string of the molecule is O=C1CCNCC12CCSCC2. The van der Waals surface area contributed by atoms with Crippen molar-refractivity contribution in [1.82, 2.24) is 5.32 Å². The number of nitrogens with one attached hydrogen (secondary N) is 1. The van der Waals surface area contributed by atoms with Gasteiger partial charge in [-0.1, -0.05) is 0 Å². The van der Waals surface area contributed by atoms with E-state index in [0.717, 1.165) is 32.4 Å². The first kappa shape index (κ1) is 8.57. The number of carbonyl (C=O) groups excluding carboxylic acids is 1. The Morgan fingerprint density at radius 2 is 2.08 bits per heavy atom. The van der Waals surface area contributed by atoms with E-state index in [1.54, 1.807) is 0 Å². The van der Waals surface area contributed by atoms with Crippen LogP contribution in [0.1, 0.15) is 19.3 Å². The lowest BCUT2D eigenvalue weighted by atomic mass is 9.75. The molecule has 2 aliphatic heterocycles. The van der Waals surface area contributed by atoms with Crippen molar-refractivity contribution >= 4 is 17.5 Å². The van der Waals surface area contributed by atoms with E-state index >= 15 is 0 Å². The number of hydrogen-bond donors (Lipinski definition) is 1. The molecular formula is C9H15NOS. The van der Waals surface area contributed by atoms with Crippen molar-refractivity contribution in [1.29, 1.82) is 0 Å². The van der Waals surface area contributed by atoms with Crippen molar-refractivity contribution in [2.24, 2.45) is 5.41 Å². The Hall–Kier alpha value is -0.0200. The maximum Gasteiger partial charge on any atom is 0.141 e. The fourth-order valence-electron chi connectivity index (χ4n) is 2.11. The summed E-state index contributed by atoms with van der Waals surface area (Å²) in [6.07, 6.45) is 2.96. The summed E-state index contributed by atoms with van der Waals surface area (Å²) in [4.78, 5) is 11.7. The van der Waals surface area contributed by atoms with Crippen LogP contribution in [0, 0.1) is 5.41 Å². The van der Waals surface area contributed by atoms with Crippen LogP contribution < -0.4 is 5.32 Å². The molecule has 2 heterocycles. The largest absolute Gasteiger partial charge is 0.315 e. The summed E-state index contributed by atoms with van der Waals surface area (Å²) in [5.74, 6) is 2.86. The molecule has 2 nitrogen and oxygen atoms in total. The zero-order valence-corrected chi connectivity index (χ0v) is 8.08.